The summed E-state index contributed by atoms with van der Waals surface area (Å²) in [6.07, 6.45) is 0.123. The van der Waals surface area contributed by atoms with Gasteiger partial charge < -0.3 is 20.7 Å². The first-order valence-electron chi connectivity index (χ1n) is 7.85. The molecular weight excluding hydrogens is 344 g/mol. The van der Waals surface area contributed by atoms with Crippen LogP contribution in [0, 0.1) is 0 Å². The van der Waals surface area contributed by atoms with Crippen LogP contribution >= 0.6 is 0 Å². The predicted octanol–water partition coefficient (Wildman–Crippen LogP) is 2.90. The highest BCUT2D eigenvalue weighted by molar-refractivity contribution is 5.91. The highest BCUT2D eigenvalue weighted by atomic mass is 19.3. The second-order valence-electron chi connectivity index (χ2n) is 5.30. The lowest BCUT2D eigenvalue weighted by Gasteiger charge is -2.13. The molecule has 0 spiro atoms. The number of benzene rings is 2. The van der Waals surface area contributed by atoms with Gasteiger partial charge in [0, 0.05) is 24.8 Å². The van der Waals surface area contributed by atoms with Gasteiger partial charge in [-0.2, -0.15) is 8.78 Å². The van der Waals surface area contributed by atoms with Crippen LogP contribution in [0.5, 0.6) is 5.75 Å². The van der Waals surface area contributed by atoms with Crippen LogP contribution in [0.3, 0.4) is 0 Å². The lowest BCUT2D eigenvalue weighted by molar-refractivity contribution is -0.119. The summed E-state index contributed by atoms with van der Waals surface area (Å²) in [5, 5.41) is 7.75. The Morgan fingerprint density at radius 1 is 1.04 bits per heavy atom. The fourth-order valence-corrected chi connectivity index (χ4v) is 2.26. The number of nitrogens with one attached hydrogen (secondary N) is 3. The van der Waals surface area contributed by atoms with E-state index in [9.17, 15) is 18.4 Å². The number of halogens is 2. The molecule has 8 heteroatoms. The molecule has 0 aliphatic heterocycles. The molecule has 138 valence electrons. The van der Waals surface area contributed by atoms with E-state index in [4.69, 9.17) is 0 Å². The summed E-state index contributed by atoms with van der Waals surface area (Å²) in [6, 6.07) is 12.6. The molecule has 3 amide bonds. The third kappa shape index (κ3) is 5.73. The van der Waals surface area contributed by atoms with Crippen LogP contribution < -0.4 is 20.7 Å². The van der Waals surface area contributed by atoms with Crippen molar-refractivity contribution in [1.29, 1.82) is 0 Å². The third-order valence-electron chi connectivity index (χ3n) is 3.52. The molecule has 26 heavy (non-hydrogen) atoms. The second kappa shape index (κ2) is 9.36. The first kappa shape index (κ1) is 19.2. The van der Waals surface area contributed by atoms with Crippen molar-refractivity contribution in [3.8, 4) is 5.75 Å². The van der Waals surface area contributed by atoms with Crippen molar-refractivity contribution in [1.82, 2.24) is 10.6 Å². The van der Waals surface area contributed by atoms with Crippen LogP contribution in [0.15, 0.2) is 48.5 Å². The van der Waals surface area contributed by atoms with E-state index in [1.54, 1.807) is 42.5 Å². The Bertz CT molecular complexity index is 769. The molecule has 0 aromatic heterocycles. The molecule has 2 aromatic rings. The Morgan fingerprint density at radius 2 is 1.69 bits per heavy atom. The highest BCUT2D eigenvalue weighted by Gasteiger charge is 2.12. The quantitative estimate of drug-likeness (QED) is 0.708. The zero-order valence-electron chi connectivity index (χ0n) is 14.1. The number of rotatable bonds is 7. The molecule has 0 saturated carbocycles. The molecule has 0 unspecified atom stereocenters. The van der Waals surface area contributed by atoms with Gasteiger partial charge in [-0.05, 0) is 17.7 Å². The predicted molar refractivity (Wildman–Crippen MR) is 93.1 cm³/mol. The van der Waals surface area contributed by atoms with Crippen molar-refractivity contribution in [2.24, 2.45) is 0 Å². The van der Waals surface area contributed by atoms with Crippen molar-refractivity contribution >= 4 is 17.6 Å². The minimum atomic E-state index is -2.94. The van der Waals surface area contributed by atoms with Crippen LogP contribution in [0.2, 0.25) is 0 Å². The van der Waals surface area contributed by atoms with Gasteiger partial charge in [-0.25, -0.2) is 4.79 Å². The standard InChI is InChI=1S/C18H19F2N3O3/c1-21-16(24)10-12-6-2-4-8-14(12)23-18(25)22-11-13-7-3-5-9-15(13)26-17(19)20/h2-9,17H,10-11H2,1H3,(H,21,24)(H2,22,23,25). The number of likely N-dealkylation sites (N-methyl/N-ethyl adjacent to an activating group) is 1. The summed E-state index contributed by atoms with van der Waals surface area (Å²) in [7, 11) is 1.53. The van der Waals surface area contributed by atoms with Crippen molar-refractivity contribution in [2.45, 2.75) is 19.6 Å². The third-order valence-corrected chi connectivity index (χ3v) is 3.52. The molecule has 3 N–H and O–H groups in total. The van der Waals surface area contributed by atoms with E-state index in [1.165, 1.54) is 13.1 Å². The summed E-state index contributed by atoms with van der Waals surface area (Å²) >= 11 is 0. The van der Waals surface area contributed by atoms with E-state index in [0.717, 1.165) is 0 Å². The topological polar surface area (TPSA) is 79.5 Å². The van der Waals surface area contributed by atoms with Gasteiger partial charge in [-0.3, -0.25) is 4.79 Å². The van der Waals surface area contributed by atoms with Crippen LogP contribution in [0.25, 0.3) is 0 Å². The SMILES string of the molecule is CNC(=O)Cc1ccccc1NC(=O)NCc1ccccc1OC(F)F. The number of anilines is 1. The second-order valence-corrected chi connectivity index (χ2v) is 5.30. The number of para-hydroxylation sites is 2. The number of amides is 3. The fraction of sp³-hybridized carbons (Fsp3) is 0.222. The van der Waals surface area contributed by atoms with Crippen molar-refractivity contribution in [3.05, 3.63) is 59.7 Å². The van der Waals surface area contributed by atoms with Gasteiger partial charge in [0.05, 0.1) is 6.42 Å². The molecule has 0 bridgehead atoms. The average molecular weight is 363 g/mol. The zero-order valence-corrected chi connectivity index (χ0v) is 14.1. The van der Waals surface area contributed by atoms with Crippen molar-refractivity contribution in [3.63, 3.8) is 0 Å². The number of carbonyl (C=O) groups is 2. The maximum absolute atomic E-state index is 12.4. The van der Waals surface area contributed by atoms with Crippen LogP contribution in [0.4, 0.5) is 19.3 Å². The molecule has 0 saturated heterocycles. The molecule has 2 rings (SSSR count). The van der Waals surface area contributed by atoms with Gasteiger partial charge in [0.2, 0.25) is 5.91 Å². The monoisotopic (exact) mass is 363 g/mol. The number of alkyl halides is 2. The highest BCUT2D eigenvalue weighted by Crippen LogP contribution is 2.20. The van der Waals surface area contributed by atoms with E-state index < -0.39 is 12.6 Å². The van der Waals surface area contributed by atoms with Crippen LogP contribution in [0.1, 0.15) is 11.1 Å². The first-order chi connectivity index (χ1) is 12.5. The van der Waals surface area contributed by atoms with Crippen molar-refractivity contribution in [2.75, 3.05) is 12.4 Å². The maximum Gasteiger partial charge on any atom is 0.387 e. The molecule has 6 nitrogen and oxygen atoms in total. The Labute approximate surface area is 149 Å². The summed E-state index contributed by atoms with van der Waals surface area (Å²) < 4.78 is 29.2. The van der Waals surface area contributed by atoms with E-state index in [1.807, 2.05) is 0 Å². The summed E-state index contributed by atoms with van der Waals surface area (Å²) in [5.74, 6) is -0.180. The maximum atomic E-state index is 12.4. The number of ether oxygens (including phenoxy) is 1. The molecule has 0 radical (unpaired) electrons. The lowest BCUT2D eigenvalue weighted by atomic mass is 10.1. The smallest absolute Gasteiger partial charge is 0.387 e. The van der Waals surface area contributed by atoms with Gasteiger partial charge in [0.1, 0.15) is 5.75 Å². The molecule has 2 aromatic carbocycles. The van der Waals surface area contributed by atoms with Gasteiger partial charge >= 0.3 is 12.6 Å². The lowest BCUT2D eigenvalue weighted by Crippen LogP contribution is -2.29. The van der Waals surface area contributed by atoms with E-state index in [-0.39, 0.29) is 24.6 Å². The summed E-state index contributed by atoms with van der Waals surface area (Å²) in [4.78, 5) is 23.7. The zero-order chi connectivity index (χ0) is 18.9. The van der Waals surface area contributed by atoms with E-state index in [0.29, 0.717) is 16.8 Å². The fourth-order valence-electron chi connectivity index (χ4n) is 2.26. The van der Waals surface area contributed by atoms with E-state index in [2.05, 4.69) is 20.7 Å². The molecule has 0 aliphatic carbocycles. The number of urea groups is 1. The number of carbonyl (C=O) groups excluding carboxylic acids is 2. The molecule has 0 fully saturated rings. The van der Waals surface area contributed by atoms with Gasteiger partial charge in [0.15, 0.2) is 0 Å². The average Bonchev–Trinajstić information content (AvgIpc) is 2.62. The van der Waals surface area contributed by atoms with E-state index >= 15 is 0 Å². The minimum Gasteiger partial charge on any atom is -0.434 e. The van der Waals surface area contributed by atoms with Gasteiger partial charge in [0.25, 0.3) is 0 Å². The first-order valence-corrected chi connectivity index (χ1v) is 7.85. The Hall–Kier alpha value is -3.16. The molecule has 0 heterocycles. The van der Waals surface area contributed by atoms with Crippen LogP contribution in [-0.2, 0) is 17.8 Å². The Balaban J connectivity index is 1.99. The van der Waals surface area contributed by atoms with Gasteiger partial charge in [-0.15, -0.1) is 0 Å². The number of hydrogen-bond acceptors (Lipinski definition) is 3. The van der Waals surface area contributed by atoms with Crippen LogP contribution in [-0.4, -0.2) is 25.6 Å². The molecule has 0 aliphatic rings. The molecular formula is C18H19F2N3O3. The van der Waals surface area contributed by atoms with Crippen molar-refractivity contribution < 1.29 is 23.1 Å². The Kier molecular flexibility index (Phi) is 6.90. The number of hydrogen-bond donors (Lipinski definition) is 3. The normalized spacial score (nSPS) is 10.3. The van der Waals surface area contributed by atoms with Gasteiger partial charge in [-0.1, -0.05) is 36.4 Å². The Morgan fingerprint density at radius 3 is 2.38 bits per heavy atom. The summed E-state index contributed by atoms with van der Waals surface area (Å²) in [6.45, 7) is -2.94. The summed E-state index contributed by atoms with van der Waals surface area (Å²) in [5.41, 5.74) is 1.57. The largest absolute Gasteiger partial charge is 0.434 e. The minimum absolute atomic E-state index is 0.00261. The molecule has 0 atom stereocenters.